The maximum absolute atomic E-state index is 11.7. The Morgan fingerprint density at radius 2 is 2.00 bits per heavy atom. The molecule has 0 aliphatic carbocycles. The van der Waals surface area contributed by atoms with Crippen LogP contribution in [0.4, 0.5) is 0 Å². The zero-order valence-electron chi connectivity index (χ0n) is 12.1. The lowest BCUT2D eigenvalue weighted by molar-refractivity contribution is -0.416. The van der Waals surface area contributed by atoms with Gasteiger partial charge in [0.15, 0.2) is 0 Å². The fourth-order valence-electron chi connectivity index (χ4n) is 1.35. The van der Waals surface area contributed by atoms with Crippen molar-refractivity contribution in [2.24, 2.45) is 0 Å². The van der Waals surface area contributed by atoms with Gasteiger partial charge in [0.2, 0.25) is 6.29 Å². The molecule has 0 saturated carbocycles. The van der Waals surface area contributed by atoms with E-state index in [0.29, 0.717) is 5.57 Å². The molecule has 108 valence electrons. The second-order valence-electron chi connectivity index (χ2n) is 5.04. The summed E-state index contributed by atoms with van der Waals surface area (Å²) in [5.41, 5.74) is -0.0427. The van der Waals surface area contributed by atoms with E-state index < -0.39 is 11.9 Å². The van der Waals surface area contributed by atoms with Crippen LogP contribution in [0.1, 0.15) is 34.1 Å². The van der Waals surface area contributed by atoms with Gasteiger partial charge in [-0.3, -0.25) is 14.5 Å². The Morgan fingerprint density at radius 3 is 2.42 bits per heavy atom. The molecule has 0 spiro atoms. The van der Waals surface area contributed by atoms with Crippen LogP contribution >= 0.6 is 0 Å². The minimum atomic E-state index is -0.807. The molecule has 6 heteroatoms. The second-order valence-corrected chi connectivity index (χ2v) is 5.04. The van der Waals surface area contributed by atoms with E-state index in [1.54, 1.807) is 6.92 Å². The van der Waals surface area contributed by atoms with Crippen molar-refractivity contribution in [3.8, 4) is 0 Å². The summed E-state index contributed by atoms with van der Waals surface area (Å²) in [4.78, 5) is 34.8. The van der Waals surface area contributed by atoms with Crippen molar-refractivity contribution in [1.82, 2.24) is 4.90 Å². The van der Waals surface area contributed by atoms with E-state index in [9.17, 15) is 9.59 Å². The first-order valence-electron chi connectivity index (χ1n) is 6.22. The molecule has 0 aromatic rings. The zero-order chi connectivity index (χ0) is 14.6. The number of hydrogen-bond acceptors (Lipinski definition) is 5. The molecule has 1 rings (SSSR count). The fourth-order valence-corrected chi connectivity index (χ4v) is 1.35. The van der Waals surface area contributed by atoms with Crippen LogP contribution < -0.4 is 0 Å². The number of carbonyl (C=O) groups is 2. The topological polar surface area (TPSA) is 65.1 Å². The van der Waals surface area contributed by atoms with Crippen LogP contribution in [0, 0.1) is 0 Å². The third kappa shape index (κ3) is 4.12. The predicted octanol–water partition coefficient (Wildman–Crippen LogP) is 1.41. The Kier molecular flexibility index (Phi) is 5.22. The van der Waals surface area contributed by atoms with E-state index in [0.717, 1.165) is 11.3 Å². The summed E-state index contributed by atoms with van der Waals surface area (Å²) in [5.74, 6) is -0.687. The number of rotatable bonds is 7. The van der Waals surface area contributed by atoms with Crippen LogP contribution in [0.2, 0.25) is 0 Å². The number of nitrogens with zero attached hydrogens (tertiary/aromatic N) is 1. The minimum Gasteiger partial charge on any atom is -0.352 e. The normalized spacial score (nSPS) is 17.9. The van der Waals surface area contributed by atoms with E-state index in [2.05, 4.69) is 0 Å². The van der Waals surface area contributed by atoms with E-state index in [4.69, 9.17) is 14.5 Å². The van der Waals surface area contributed by atoms with E-state index in [1.165, 1.54) is 13.2 Å². The van der Waals surface area contributed by atoms with Gasteiger partial charge in [-0.15, -0.1) is 0 Å². The molecule has 0 saturated heterocycles. The Bertz CT molecular complexity index is 388. The van der Waals surface area contributed by atoms with Gasteiger partial charge in [-0.25, -0.2) is 9.78 Å². The van der Waals surface area contributed by atoms with Crippen molar-refractivity contribution < 1.29 is 24.1 Å². The molecule has 1 unspecified atom stereocenters. The van der Waals surface area contributed by atoms with Gasteiger partial charge in [0.05, 0.1) is 12.1 Å². The van der Waals surface area contributed by atoms with Gasteiger partial charge in [0.1, 0.15) is 0 Å². The van der Waals surface area contributed by atoms with Crippen molar-refractivity contribution >= 4 is 11.8 Å². The predicted molar refractivity (Wildman–Crippen MR) is 67.8 cm³/mol. The number of methoxy groups -OCH3 is 1. The largest absolute Gasteiger partial charge is 0.352 e. The third-order valence-corrected chi connectivity index (χ3v) is 3.02. The second kappa shape index (κ2) is 6.27. The maximum Gasteiger partial charge on any atom is 0.256 e. The van der Waals surface area contributed by atoms with Crippen molar-refractivity contribution in [3.63, 3.8) is 0 Å². The number of ether oxygens (including phenoxy) is 1. The lowest BCUT2D eigenvalue weighted by atomic mass is 10.1. The molecule has 1 atom stereocenters. The molecule has 0 fully saturated rings. The molecule has 1 aliphatic rings. The van der Waals surface area contributed by atoms with Crippen LogP contribution in [-0.2, 0) is 24.1 Å². The lowest BCUT2D eigenvalue weighted by Gasteiger charge is -2.26. The average molecular weight is 271 g/mol. The molecular weight excluding hydrogens is 250 g/mol. The Labute approximate surface area is 113 Å². The highest BCUT2D eigenvalue weighted by atomic mass is 17.2. The zero-order valence-corrected chi connectivity index (χ0v) is 12.1. The first-order valence-corrected chi connectivity index (χ1v) is 6.22. The molecular formula is C13H21NO5. The van der Waals surface area contributed by atoms with Gasteiger partial charge in [0.25, 0.3) is 11.8 Å². The molecule has 6 nitrogen and oxygen atoms in total. The molecule has 1 aliphatic heterocycles. The Morgan fingerprint density at radius 1 is 1.37 bits per heavy atom. The highest BCUT2D eigenvalue weighted by molar-refractivity contribution is 6.15. The van der Waals surface area contributed by atoms with Crippen molar-refractivity contribution in [2.75, 3.05) is 13.7 Å². The standard InChI is InChI=1S/C13H21NO5/c1-6-13(3,4)19-18-11(17-5)8-14-10(15)7-9(2)12(14)16/h7,11H,6,8H2,1-5H3. The Balaban J connectivity index is 2.54. The summed E-state index contributed by atoms with van der Waals surface area (Å²) in [6, 6.07) is 0. The highest BCUT2D eigenvalue weighted by Crippen LogP contribution is 2.17. The summed E-state index contributed by atoms with van der Waals surface area (Å²) < 4.78 is 5.07. The number of hydrogen-bond donors (Lipinski definition) is 0. The van der Waals surface area contributed by atoms with E-state index in [-0.39, 0.29) is 18.4 Å². The monoisotopic (exact) mass is 271 g/mol. The van der Waals surface area contributed by atoms with Gasteiger partial charge < -0.3 is 4.74 Å². The summed E-state index contributed by atoms with van der Waals surface area (Å²) in [7, 11) is 1.43. The van der Waals surface area contributed by atoms with Gasteiger partial charge in [-0.2, -0.15) is 0 Å². The van der Waals surface area contributed by atoms with Gasteiger partial charge >= 0.3 is 0 Å². The Hall–Kier alpha value is -1.24. The van der Waals surface area contributed by atoms with Crippen LogP contribution in [0.3, 0.4) is 0 Å². The minimum absolute atomic E-state index is 0.00179. The van der Waals surface area contributed by atoms with Crippen LogP contribution in [0.15, 0.2) is 11.6 Å². The van der Waals surface area contributed by atoms with E-state index >= 15 is 0 Å². The number of imide groups is 1. The maximum atomic E-state index is 11.7. The fraction of sp³-hybridized carbons (Fsp3) is 0.692. The van der Waals surface area contributed by atoms with Crippen molar-refractivity contribution in [1.29, 1.82) is 0 Å². The lowest BCUT2D eigenvalue weighted by Crippen LogP contribution is -2.40. The van der Waals surface area contributed by atoms with Crippen molar-refractivity contribution in [2.45, 2.75) is 46.0 Å². The summed E-state index contributed by atoms with van der Waals surface area (Å²) in [6.45, 7) is 7.31. The average Bonchev–Trinajstić information content (AvgIpc) is 2.60. The summed E-state index contributed by atoms with van der Waals surface area (Å²) in [5, 5.41) is 0. The highest BCUT2D eigenvalue weighted by Gasteiger charge is 2.31. The van der Waals surface area contributed by atoms with Gasteiger partial charge in [-0.05, 0) is 27.2 Å². The number of carbonyl (C=O) groups excluding carboxylic acids is 2. The number of amides is 2. The summed E-state index contributed by atoms with van der Waals surface area (Å²) >= 11 is 0. The van der Waals surface area contributed by atoms with Crippen LogP contribution in [-0.4, -0.2) is 42.3 Å². The van der Waals surface area contributed by atoms with Crippen LogP contribution in [0.25, 0.3) is 0 Å². The van der Waals surface area contributed by atoms with Crippen LogP contribution in [0.5, 0.6) is 0 Å². The molecule has 0 aromatic carbocycles. The quantitative estimate of drug-likeness (QED) is 0.303. The molecule has 0 aromatic heterocycles. The van der Waals surface area contributed by atoms with E-state index in [1.807, 2.05) is 20.8 Å². The molecule has 0 bridgehead atoms. The third-order valence-electron chi connectivity index (χ3n) is 3.02. The SMILES string of the molecule is CCC(C)(C)OOC(CN1C(=O)C=C(C)C1=O)OC. The molecule has 0 N–H and O–H groups in total. The van der Waals surface area contributed by atoms with Gasteiger partial charge in [0, 0.05) is 18.8 Å². The smallest absolute Gasteiger partial charge is 0.256 e. The first kappa shape index (κ1) is 15.8. The molecule has 0 radical (unpaired) electrons. The molecule has 2 amide bonds. The summed E-state index contributed by atoms with van der Waals surface area (Å²) in [6.07, 6.45) is 1.25. The first-order chi connectivity index (χ1) is 8.80. The molecule has 1 heterocycles. The van der Waals surface area contributed by atoms with Crippen molar-refractivity contribution in [3.05, 3.63) is 11.6 Å². The van der Waals surface area contributed by atoms with Gasteiger partial charge in [-0.1, -0.05) is 6.92 Å². The molecule has 19 heavy (non-hydrogen) atoms.